The molecule has 0 unspecified atom stereocenters. The van der Waals surface area contributed by atoms with Gasteiger partial charge in [0.25, 0.3) is 0 Å². The molecule has 88 valence electrons. The Labute approximate surface area is 108 Å². The summed E-state index contributed by atoms with van der Waals surface area (Å²) in [5.74, 6) is -0.972. The minimum atomic E-state index is -0.972. The van der Waals surface area contributed by atoms with Crippen LogP contribution in [0.25, 0.3) is 0 Å². The molecule has 0 saturated heterocycles. The summed E-state index contributed by atoms with van der Waals surface area (Å²) in [6.07, 6.45) is 1.14. The molecule has 1 aromatic rings. The summed E-state index contributed by atoms with van der Waals surface area (Å²) in [6.45, 7) is 2.11. The number of hydrogen-bond donors (Lipinski definition) is 2. The lowest BCUT2D eigenvalue weighted by Crippen LogP contribution is -2.05. The Morgan fingerprint density at radius 1 is 1.65 bits per heavy atom. The maximum Gasteiger partial charge on any atom is 0.328 e. The molecule has 0 radical (unpaired) electrons. The van der Waals surface area contributed by atoms with E-state index >= 15 is 0 Å². The van der Waals surface area contributed by atoms with Gasteiger partial charge in [0.1, 0.15) is 6.07 Å². The normalized spacial score (nSPS) is 10.8. The van der Waals surface area contributed by atoms with Crippen molar-refractivity contribution in [3.8, 4) is 6.07 Å². The van der Waals surface area contributed by atoms with Crippen molar-refractivity contribution in [2.45, 2.75) is 6.92 Å². The molecule has 2 N–H and O–H groups in total. The van der Waals surface area contributed by atoms with Crippen molar-refractivity contribution < 1.29 is 9.90 Å². The second-order valence-corrected chi connectivity index (χ2v) is 4.40. The number of carboxylic acids is 1. The van der Waals surface area contributed by atoms with E-state index in [1.165, 1.54) is 0 Å². The van der Waals surface area contributed by atoms with Crippen LogP contribution in [0.1, 0.15) is 12.5 Å². The van der Waals surface area contributed by atoms with Gasteiger partial charge in [-0.1, -0.05) is 15.9 Å². The molecule has 0 fully saturated rings. The average Bonchev–Trinajstić information content (AvgIpc) is 2.26. The van der Waals surface area contributed by atoms with E-state index in [-0.39, 0.29) is 0 Å². The highest BCUT2D eigenvalue weighted by Gasteiger charge is 2.02. The number of carboxylic acid groups (broad SMARTS) is 1. The molecule has 0 atom stereocenters. The molecule has 17 heavy (non-hydrogen) atoms. The Morgan fingerprint density at radius 3 is 2.94 bits per heavy atom. The first-order chi connectivity index (χ1) is 8.02. The van der Waals surface area contributed by atoms with Crippen molar-refractivity contribution in [2.24, 2.45) is 0 Å². The predicted octanol–water partition coefficient (Wildman–Crippen LogP) is 2.76. The fourth-order valence-corrected chi connectivity index (χ4v) is 1.62. The fourth-order valence-electron chi connectivity index (χ4n) is 1.26. The molecule has 0 spiro atoms. The molecule has 0 saturated carbocycles. The molecule has 0 amide bonds. The number of benzene rings is 1. The van der Waals surface area contributed by atoms with Gasteiger partial charge < -0.3 is 10.4 Å². The Kier molecular flexibility index (Phi) is 4.73. The van der Waals surface area contributed by atoms with Crippen LogP contribution in [0.4, 0.5) is 5.69 Å². The molecule has 0 aliphatic heterocycles. The SMILES string of the molecule is C/C(=C/C(=O)O)CNc1ccc(Br)cc1C#N. The van der Waals surface area contributed by atoms with Gasteiger partial charge in [0, 0.05) is 17.1 Å². The van der Waals surface area contributed by atoms with E-state index in [4.69, 9.17) is 10.4 Å². The van der Waals surface area contributed by atoms with Crippen molar-refractivity contribution in [1.82, 2.24) is 0 Å². The Morgan fingerprint density at radius 2 is 2.35 bits per heavy atom. The maximum absolute atomic E-state index is 10.4. The van der Waals surface area contributed by atoms with E-state index in [0.29, 0.717) is 23.4 Å². The largest absolute Gasteiger partial charge is 0.478 e. The third-order valence-corrected chi connectivity index (χ3v) is 2.52. The number of nitrogens with zero attached hydrogens (tertiary/aromatic N) is 1. The highest BCUT2D eigenvalue weighted by molar-refractivity contribution is 9.10. The molecule has 0 aliphatic carbocycles. The lowest BCUT2D eigenvalue weighted by atomic mass is 10.2. The van der Waals surface area contributed by atoms with Crippen LogP contribution in [0.2, 0.25) is 0 Å². The zero-order chi connectivity index (χ0) is 12.8. The van der Waals surface area contributed by atoms with Gasteiger partial charge >= 0.3 is 5.97 Å². The first kappa shape index (κ1) is 13.3. The van der Waals surface area contributed by atoms with Gasteiger partial charge in [-0.25, -0.2) is 4.79 Å². The van der Waals surface area contributed by atoms with Crippen molar-refractivity contribution in [3.63, 3.8) is 0 Å². The van der Waals surface area contributed by atoms with E-state index in [0.717, 1.165) is 10.5 Å². The van der Waals surface area contributed by atoms with E-state index in [1.54, 1.807) is 19.1 Å². The third kappa shape index (κ3) is 4.29. The molecule has 0 bridgehead atoms. The third-order valence-electron chi connectivity index (χ3n) is 2.03. The molecular formula is C12H11BrN2O2. The first-order valence-corrected chi connectivity index (χ1v) is 5.66. The number of hydrogen-bond acceptors (Lipinski definition) is 3. The van der Waals surface area contributed by atoms with Gasteiger partial charge in [0.05, 0.1) is 11.3 Å². The van der Waals surface area contributed by atoms with E-state index in [1.807, 2.05) is 6.07 Å². The van der Waals surface area contributed by atoms with Crippen LogP contribution in [-0.4, -0.2) is 17.6 Å². The number of aliphatic carboxylic acids is 1. The van der Waals surface area contributed by atoms with Crippen LogP contribution < -0.4 is 5.32 Å². The Bertz CT molecular complexity index is 504. The maximum atomic E-state index is 10.4. The number of nitriles is 1. The molecule has 1 rings (SSSR count). The van der Waals surface area contributed by atoms with Crippen LogP contribution in [0, 0.1) is 11.3 Å². The molecular weight excluding hydrogens is 284 g/mol. The van der Waals surface area contributed by atoms with E-state index in [2.05, 4.69) is 27.3 Å². The highest BCUT2D eigenvalue weighted by atomic mass is 79.9. The molecule has 1 aromatic carbocycles. The van der Waals surface area contributed by atoms with Crippen molar-refractivity contribution in [2.75, 3.05) is 11.9 Å². The van der Waals surface area contributed by atoms with Crippen LogP contribution >= 0.6 is 15.9 Å². The second-order valence-electron chi connectivity index (χ2n) is 3.48. The van der Waals surface area contributed by atoms with Crippen LogP contribution in [0.5, 0.6) is 0 Å². The van der Waals surface area contributed by atoms with Crippen molar-refractivity contribution >= 4 is 27.6 Å². The van der Waals surface area contributed by atoms with Crippen LogP contribution in [-0.2, 0) is 4.79 Å². The van der Waals surface area contributed by atoms with Crippen molar-refractivity contribution in [1.29, 1.82) is 5.26 Å². The van der Waals surface area contributed by atoms with Crippen molar-refractivity contribution in [3.05, 3.63) is 39.9 Å². The van der Waals surface area contributed by atoms with Crippen LogP contribution in [0.15, 0.2) is 34.3 Å². The van der Waals surface area contributed by atoms with Gasteiger partial charge in [-0.2, -0.15) is 5.26 Å². The summed E-state index contributed by atoms with van der Waals surface area (Å²) >= 11 is 3.28. The average molecular weight is 295 g/mol. The monoisotopic (exact) mass is 294 g/mol. The van der Waals surface area contributed by atoms with Gasteiger partial charge in [0.2, 0.25) is 0 Å². The standard InChI is InChI=1S/C12H11BrN2O2/c1-8(4-12(16)17)7-15-11-3-2-10(13)5-9(11)6-14/h2-5,15H,7H2,1H3,(H,16,17)/b8-4-. The van der Waals surface area contributed by atoms with Gasteiger partial charge in [-0.15, -0.1) is 0 Å². The number of anilines is 1. The second kappa shape index (κ2) is 6.06. The number of carbonyl (C=O) groups is 1. The summed E-state index contributed by atoms with van der Waals surface area (Å²) in [6, 6.07) is 7.37. The molecule has 5 heteroatoms. The fraction of sp³-hybridized carbons (Fsp3) is 0.167. The minimum Gasteiger partial charge on any atom is -0.478 e. The lowest BCUT2D eigenvalue weighted by molar-refractivity contribution is -0.131. The van der Waals surface area contributed by atoms with Crippen LogP contribution in [0.3, 0.4) is 0 Å². The summed E-state index contributed by atoms with van der Waals surface area (Å²) < 4.78 is 0.831. The summed E-state index contributed by atoms with van der Waals surface area (Å²) in [5.41, 5.74) is 1.89. The minimum absolute atomic E-state index is 0.391. The number of nitrogens with one attached hydrogen (secondary N) is 1. The molecule has 0 aliphatic rings. The topological polar surface area (TPSA) is 73.1 Å². The molecule has 0 heterocycles. The number of halogens is 1. The number of rotatable bonds is 4. The lowest BCUT2D eigenvalue weighted by Gasteiger charge is -2.08. The zero-order valence-corrected chi connectivity index (χ0v) is 10.8. The smallest absolute Gasteiger partial charge is 0.328 e. The first-order valence-electron chi connectivity index (χ1n) is 4.86. The highest BCUT2D eigenvalue weighted by Crippen LogP contribution is 2.20. The Hall–Kier alpha value is -1.80. The summed E-state index contributed by atoms with van der Waals surface area (Å²) in [4.78, 5) is 10.4. The quantitative estimate of drug-likeness (QED) is 0.838. The molecule has 4 nitrogen and oxygen atoms in total. The van der Waals surface area contributed by atoms with Gasteiger partial charge in [-0.3, -0.25) is 0 Å². The summed E-state index contributed by atoms with van der Waals surface area (Å²) in [7, 11) is 0. The van der Waals surface area contributed by atoms with E-state index in [9.17, 15) is 4.79 Å². The Balaban J connectivity index is 2.77. The zero-order valence-electron chi connectivity index (χ0n) is 9.20. The molecule has 0 aromatic heterocycles. The van der Waals surface area contributed by atoms with Gasteiger partial charge in [0.15, 0.2) is 0 Å². The summed E-state index contributed by atoms with van der Waals surface area (Å²) in [5, 5.41) is 20.5. The predicted molar refractivity (Wildman–Crippen MR) is 68.7 cm³/mol. The van der Waals surface area contributed by atoms with Gasteiger partial charge in [-0.05, 0) is 30.7 Å². The van der Waals surface area contributed by atoms with E-state index < -0.39 is 5.97 Å².